The summed E-state index contributed by atoms with van der Waals surface area (Å²) in [5.41, 5.74) is 2.47. The number of anilines is 2. The molecule has 2 aromatic heterocycles. The topological polar surface area (TPSA) is 64.3 Å². The third kappa shape index (κ3) is 2.33. The van der Waals surface area contributed by atoms with Crippen molar-refractivity contribution in [3.8, 4) is 5.75 Å². The van der Waals surface area contributed by atoms with Gasteiger partial charge in [0, 0.05) is 11.8 Å². The summed E-state index contributed by atoms with van der Waals surface area (Å²) in [6.45, 7) is 1.91. The highest BCUT2D eigenvalue weighted by atomic mass is 16.5. The monoisotopic (exact) mass is 255 g/mol. The zero-order valence-electron chi connectivity index (χ0n) is 10.7. The molecule has 19 heavy (non-hydrogen) atoms. The van der Waals surface area contributed by atoms with Gasteiger partial charge in [0.1, 0.15) is 5.75 Å². The van der Waals surface area contributed by atoms with Crippen molar-refractivity contribution in [1.29, 1.82) is 0 Å². The number of ether oxygens (including phenoxy) is 1. The average Bonchev–Trinajstić information content (AvgIpc) is 2.80. The number of aromatic nitrogens is 4. The number of rotatable bonds is 3. The number of nitrogens with zero attached hydrogens (tertiary/aromatic N) is 4. The molecular weight excluding hydrogens is 242 g/mol. The number of benzene rings is 1. The number of hydrogen-bond acceptors (Lipinski definition) is 5. The Bertz CT molecular complexity index is 722. The molecule has 0 amide bonds. The Hall–Kier alpha value is -2.63. The summed E-state index contributed by atoms with van der Waals surface area (Å²) in [7, 11) is 1.64. The van der Waals surface area contributed by atoms with Crippen molar-refractivity contribution >= 4 is 17.3 Å². The molecule has 6 heteroatoms. The number of fused-ring (bicyclic) bond motifs is 1. The van der Waals surface area contributed by atoms with Crippen LogP contribution in [0.5, 0.6) is 5.75 Å². The molecule has 0 spiro atoms. The number of aryl methyl sites for hydroxylation is 1. The Morgan fingerprint density at radius 1 is 1.32 bits per heavy atom. The number of nitrogens with one attached hydrogen (secondary N) is 1. The molecule has 0 atom stereocenters. The van der Waals surface area contributed by atoms with Crippen molar-refractivity contribution in [3.63, 3.8) is 0 Å². The molecule has 0 aliphatic heterocycles. The Kier molecular flexibility index (Phi) is 2.75. The maximum Gasteiger partial charge on any atom is 0.247 e. The lowest BCUT2D eigenvalue weighted by molar-refractivity contribution is 0.415. The molecule has 3 rings (SSSR count). The van der Waals surface area contributed by atoms with E-state index < -0.39 is 0 Å². The molecule has 0 aliphatic carbocycles. The smallest absolute Gasteiger partial charge is 0.247 e. The van der Waals surface area contributed by atoms with Crippen LogP contribution in [-0.4, -0.2) is 26.7 Å². The predicted octanol–water partition coefficient (Wildman–Crippen LogP) is 2.18. The Morgan fingerprint density at radius 3 is 3.05 bits per heavy atom. The van der Waals surface area contributed by atoms with E-state index in [1.54, 1.807) is 17.8 Å². The summed E-state index contributed by atoms with van der Waals surface area (Å²) in [5, 5.41) is 7.47. The minimum Gasteiger partial charge on any atom is -0.497 e. The van der Waals surface area contributed by atoms with E-state index >= 15 is 0 Å². The van der Waals surface area contributed by atoms with Gasteiger partial charge in [-0.15, -0.1) is 5.10 Å². The van der Waals surface area contributed by atoms with Gasteiger partial charge in [-0.3, -0.25) is 4.98 Å². The summed E-state index contributed by atoms with van der Waals surface area (Å²) in [4.78, 5) is 8.53. The van der Waals surface area contributed by atoms with Crippen LogP contribution < -0.4 is 10.1 Å². The number of methoxy groups -OCH3 is 1. The zero-order valence-corrected chi connectivity index (χ0v) is 10.7. The molecule has 6 nitrogen and oxygen atoms in total. The Morgan fingerprint density at radius 2 is 2.21 bits per heavy atom. The molecule has 0 saturated heterocycles. The lowest BCUT2D eigenvalue weighted by Crippen LogP contribution is -1.94. The average molecular weight is 255 g/mol. The van der Waals surface area contributed by atoms with E-state index in [9.17, 15) is 0 Å². The van der Waals surface area contributed by atoms with E-state index in [-0.39, 0.29) is 0 Å². The minimum absolute atomic E-state index is 0.528. The van der Waals surface area contributed by atoms with Crippen molar-refractivity contribution in [2.75, 3.05) is 12.4 Å². The molecule has 0 unspecified atom stereocenters. The van der Waals surface area contributed by atoms with Gasteiger partial charge < -0.3 is 10.1 Å². The van der Waals surface area contributed by atoms with Gasteiger partial charge in [-0.2, -0.15) is 4.98 Å². The second-order valence-corrected chi connectivity index (χ2v) is 4.12. The molecule has 3 aromatic rings. The minimum atomic E-state index is 0.528. The van der Waals surface area contributed by atoms with Crippen molar-refractivity contribution in [1.82, 2.24) is 19.6 Å². The third-order valence-electron chi connectivity index (χ3n) is 2.68. The molecule has 2 heterocycles. The van der Waals surface area contributed by atoms with E-state index in [2.05, 4.69) is 20.4 Å². The standard InChI is InChI=1S/C13H13N5O/c1-9-8-18-12(7-14-9)16-13(17-18)15-10-4-3-5-11(6-10)19-2/h3-8H,1-2H3,(H,15,17). The fourth-order valence-corrected chi connectivity index (χ4v) is 1.77. The van der Waals surface area contributed by atoms with E-state index in [1.807, 2.05) is 37.4 Å². The van der Waals surface area contributed by atoms with E-state index in [1.165, 1.54) is 0 Å². The van der Waals surface area contributed by atoms with Gasteiger partial charge in [-0.25, -0.2) is 4.52 Å². The molecule has 0 bridgehead atoms. The number of hydrogen-bond donors (Lipinski definition) is 1. The fourth-order valence-electron chi connectivity index (χ4n) is 1.77. The molecule has 1 N–H and O–H groups in total. The molecule has 0 aliphatic rings. The van der Waals surface area contributed by atoms with Crippen molar-refractivity contribution in [3.05, 3.63) is 42.4 Å². The van der Waals surface area contributed by atoms with Crippen LogP contribution in [0.3, 0.4) is 0 Å². The SMILES string of the molecule is COc1cccc(Nc2nc3cnc(C)cn3n2)c1. The van der Waals surface area contributed by atoms with E-state index in [4.69, 9.17) is 4.74 Å². The molecule has 96 valence electrons. The van der Waals surface area contributed by atoms with Crippen LogP contribution in [0, 0.1) is 6.92 Å². The summed E-state index contributed by atoms with van der Waals surface area (Å²) in [5.74, 6) is 1.31. The van der Waals surface area contributed by atoms with Crippen LogP contribution >= 0.6 is 0 Å². The highest BCUT2D eigenvalue weighted by Gasteiger charge is 2.04. The van der Waals surface area contributed by atoms with Gasteiger partial charge in [-0.05, 0) is 19.1 Å². The highest BCUT2D eigenvalue weighted by molar-refractivity contribution is 5.57. The van der Waals surface area contributed by atoms with Gasteiger partial charge in [0.15, 0.2) is 5.65 Å². The quantitative estimate of drug-likeness (QED) is 0.777. The van der Waals surface area contributed by atoms with Gasteiger partial charge in [0.25, 0.3) is 0 Å². The molecule has 0 fully saturated rings. The van der Waals surface area contributed by atoms with Crippen LogP contribution in [-0.2, 0) is 0 Å². The van der Waals surface area contributed by atoms with Crippen molar-refractivity contribution in [2.45, 2.75) is 6.92 Å². The zero-order chi connectivity index (χ0) is 13.2. The largest absolute Gasteiger partial charge is 0.497 e. The lowest BCUT2D eigenvalue weighted by atomic mass is 10.3. The first kappa shape index (κ1) is 11.5. The van der Waals surface area contributed by atoms with Gasteiger partial charge in [0.2, 0.25) is 5.95 Å². The van der Waals surface area contributed by atoms with Crippen LogP contribution in [0.15, 0.2) is 36.7 Å². The second-order valence-electron chi connectivity index (χ2n) is 4.12. The maximum absolute atomic E-state index is 5.17. The summed E-state index contributed by atoms with van der Waals surface area (Å²) in [6.07, 6.45) is 3.53. The molecule has 0 saturated carbocycles. The first-order chi connectivity index (χ1) is 9.24. The summed E-state index contributed by atoms with van der Waals surface area (Å²) >= 11 is 0. The Labute approximate surface area is 110 Å². The van der Waals surface area contributed by atoms with Crippen LogP contribution in [0.1, 0.15) is 5.69 Å². The van der Waals surface area contributed by atoms with Crippen LogP contribution in [0.25, 0.3) is 5.65 Å². The fraction of sp³-hybridized carbons (Fsp3) is 0.154. The highest BCUT2D eigenvalue weighted by Crippen LogP contribution is 2.19. The van der Waals surface area contributed by atoms with E-state index in [0.29, 0.717) is 11.6 Å². The summed E-state index contributed by atoms with van der Waals surface area (Å²) in [6, 6.07) is 7.60. The van der Waals surface area contributed by atoms with Crippen LogP contribution in [0.2, 0.25) is 0 Å². The maximum atomic E-state index is 5.17. The van der Waals surface area contributed by atoms with Crippen LogP contribution in [0.4, 0.5) is 11.6 Å². The summed E-state index contributed by atoms with van der Waals surface area (Å²) < 4.78 is 6.87. The van der Waals surface area contributed by atoms with E-state index in [0.717, 1.165) is 17.1 Å². The van der Waals surface area contributed by atoms with Crippen molar-refractivity contribution in [2.24, 2.45) is 0 Å². The molecule has 1 aromatic carbocycles. The molecular formula is C13H13N5O. The van der Waals surface area contributed by atoms with Crippen molar-refractivity contribution < 1.29 is 4.74 Å². The normalized spacial score (nSPS) is 10.6. The first-order valence-corrected chi connectivity index (χ1v) is 5.85. The predicted molar refractivity (Wildman–Crippen MR) is 71.8 cm³/mol. The van der Waals surface area contributed by atoms with Gasteiger partial charge in [0.05, 0.1) is 25.2 Å². The molecule has 0 radical (unpaired) electrons. The van der Waals surface area contributed by atoms with Gasteiger partial charge in [-0.1, -0.05) is 6.07 Å². The third-order valence-corrected chi connectivity index (χ3v) is 2.68. The Balaban J connectivity index is 1.92. The van der Waals surface area contributed by atoms with Gasteiger partial charge >= 0.3 is 0 Å². The second kappa shape index (κ2) is 4.56. The lowest BCUT2D eigenvalue weighted by Gasteiger charge is -2.03. The first-order valence-electron chi connectivity index (χ1n) is 5.85.